The van der Waals surface area contributed by atoms with Gasteiger partial charge in [-0.2, -0.15) is 0 Å². The molecule has 0 aliphatic carbocycles. The van der Waals surface area contributed by atoms with E-state index in [9.17, 15) is 9.18 Å². The second-order valence-corrected chi connectivity index (χ2v) is 6.65. The number of nitrogens with zero attached hydrogens (tertiary/aromatic N) is 1. The molecule has 1 heterocycles. The van der Waals surface area contributed by atoms with Gasteiger partial charge in [0.1, 0.15) is 5.82 Å². The van der Waals surface area contributed by atoms with Crippen molar-refractivity contribution in [1.29, 1.82) is 0 Å². The minimum Gasteiger partial charge on any atom is -0.356 e. The van der Waals surface area contributed by atoms with Gasteiger partial charge in [-0.3, -0.25) is 4.79 Å². The number of benzene rings is 1. The van der Waals surface area contributed by atoms with E-state index in [2.05, 4.69) is 17.1 Å². The Bertz CT molecular complexity index is 524. The fourth-order valence-electron chi connectivity index (χ4n) is 3.23. The molecular weight excluding hydrogens is 315 g/mol. The summed E-state index contributed by atoms with van der Waals surface area (Å²) in [6.45, 7) is 5.07. The number of hydrogen-bond acceptors (Lipinski definition) is 2. The van der Waals surface area contributed by atoms with Crippen molar-refractivity contribution in [1.82, 2.24) is 10.2 Å². The number of nitrogens with one attached hydrogen (secondary N) is 1. The van der Waals surface area contributed by atoms with Gasteiger partial charge in [-0.05, 0) is 49.9 Å². The number of likely N-dealkylation sites (tertiary alicyclic amines) is 1. The average Bonchev–Trinajstić information content (AvgIpc) is 2.54. The van der Waals surface area contributed by atoms with Crippen LogP contribution < -0.4 is 5.32 Å². The number of amides is 1. The molecule has 1 aliphatic heterocycles. The second-order valence-electron chi connectivity index (χ2n) is 6.21. The standard InChI is InChI=1S/C18H26ClFN2O/c1-2-16-6-3-4-10-22(16)11-5-9-21-18(23)12-14-7-8-15(19)13-17(14)20/h7-8,13,16H,2-6,9-12H2,1H3,(H,21,23)/t16-/m0/s1. The van der Waals surface area contributed by atoms with Crippen LogP contribution in [0.3, 0.4) is 0 Å². The van der Waals surface area contributed by atoms with Crippen LogP contribution in [0.2, 0.25) is 5.02 Å². The molecule has 0 saturated carbocycles. The molecule has 0 radical (unpaired) electrons. The molecule has 128 valence electrons. The van der Waals surface area contributed by atoms with Gasteiger partial charge in [0.05, 0.1) is 6.42 Å². The highest BCUT2D eigenvalue weighted by Crippen LogP contribution is 2.19. The molecule has 1 atom stereocenters. The minimum atomic E-state index is -0.424. The molecular formula is C18H26ClFN2O. The summed E-state index contributed by atoms with van der Waals surface area (Å²) in [5.74, 6) is -0.566. The molecule has 1 fully saturated rings. The molecule has 1 aromatic carbocycles. The first-order valence-electron chi connectivity index (χ1n) is 8.55. The van der Waals surface area contributed by atoms with E-state index in [1.54, 1.807) is 12.1 Å². The fourth-order valence-corrected chi connectivity index (χ4v) is 3.39. The van der Waals surface area contributed by atoms with Gasteiger partial charge < -0.3 is 10.2 Å². The first-order valence-corrected chi connectivity index (χ1v) is 8.92. The Kier molecular flexibility index (Phi) is 7.31. The molecule has 23 heavy (non-hydrogen) atoms. The minimum absolute atomic E-state index is 0.0598. The predicted molar refractivity (Wildman–Crippen MR) is 92.2 cm³/mol. The Morgan fingerprint density at radius 2 is 2.26 bits per heavy atom. The summed E-state index contributed by atoms with van der Waals surface area (Å²) in [6, 6.07) is 5.11. The molecule has 0 unspecified atom stereocenters. The monoisotopic (exact) mass is 340 g/mol. The second kappa shape index (κ2) is 9.24. The number of carbonyl (C=O) groups excluding carboxylic acids is 1. The van der Waals surface area contributed by atoms with Gasteiger partial charge in [0, 0.05) is 24.2 Å². The predicted octanol–water partition coefficient (Wildman–Crippen LogP) is 3.79. The first kappa shape index (κ1) is 18.2. The number of piperidine rings is 1. The Morgan fingerprint density at radius 1 is 1.43 bits per heavy atom. The van der Waals surface area contributed by atoms with Crippen LogP contribution in [0.25, 0.3) is 0 Å². The maximum Gasteiger partial charge on any atom is 0.224 e. The molecule has 2 rings (SSSR count). The summed E-state index contributed by atoms with van der Waals surface area (Å²) in [5.41, 5.74) is 0.383. The zero-order chi connectivity index (χ0) is 16.7. The van der Waals surface area contributed by atoms with Crippen LogP contribution in [0.1, 0.15) is 44.6 Å². The molecule has 1 amide bonds. The number of hydrogen-bond donors (Lipinski definition) is 1. The van der Waals surface area contributed by atoms with Crippen molar-refractivity contribution in [2.45, 2.75) is 51.5 Å². The lowest BCUT2D eigenvalue weighted by Gasteiger charge is -2.35. The molecule has 0 aromatic heterocycles. The van der Waals surface area contributed by atoms with Crippen molar-refractivity contribution >= 4 is 17.5 Å². The molecule has 1 saturated heterocycles. The third-order valence-electron chi connectivity index (χ3n) is 4.53. The SMILES string of the molecule is CC[C@H]1CCCCN1CCCNC(=O)Cc1ccc(Cl)cc1F. The van der Waals surface area contributed by atoms with E-state index in [0.29, 0.717) is 23.2 Å². The zero-order valence-electron chi connectivity index (χ0n) is 13.8. The summed E-state index contributed by atoms with van der Waals surface area (Å²) >= 11 is 5.71. The lowest BCUT2D eigenvalue weighted by molar-refractivity contribution is -0.120. The Morgan fingerprint density at radius 3 is 3.00 bits per heavy atom. The van der Waals surface area contributed by atoms with E-state index in [1.165, 1.54) is 38.3 Å². The van der Waals surface area contributed by atoms with Gasteiger partial charge >= 0.3 is 0 Å². The van der Waals surface area contributed by atoms with E-state index < -0.39 is 5.82 Å². The van der Waals surface area contributed by atoms with Gasteiger partial charge in [-0.25, -0.2) is 4.39 Å². The molecule has 5 heteroatoms. The Hall–Kier alpha value is -1.13. The average molecular weight is 341 g/mol. The summed E-state index contributed by atoms with van der Waals surface area (Å²) in [4.78, 5) is 14.4. The van der Waals surface area contributed by atoms with Gasteiger partial charge in [-0.15, -0.1) is 0 Å². The molecule has 1 N–H and O–H groups in total. The number of carbonyl (C=O) groups is 1. The molecule has 1 aliphatic rings. The van der Waals surface area contributed by atoms with Gasteiger partial charge in [0.15, 0.2) is 0 Å². The van der Waals surface area contributed by atoms with E-state index in [-0.39, 0.29) is 12.3 Å². The maximum absolute atomic E-state index is 13.7. The molecule has 3 nitrogen and oxygen atoms in total. The van der Waals surface area contributed by atoms with Crippen molar-refractivity contribution in [3.8, 4) is 0 Å². The lowest BCUT2D eigenvalue weighted by Crippen LogP contribution is -2.40. The maximum atomic E-state index is 13.7. The van der Waals surface area contributed by atoms with Crippen molar-refractivity contribution in [3.05, 3.63) is 34.6 Å². The van der Waals surface area contributed by atoms with Gasteiger partial charge in [0.25, 0.3) is 0 Å². The topological polar surface area (TPSA) is 32.3 Å². The van der Waals surface area contributed by atoms with Crippen molar-refractivity contribution in [3.63, 3.8) is 0 Å². The zero-order valence-corrected chi connectivity index (χ0v) is 14.5. The normalized spacial score (nSPS) is 18.8. The van der Waals surface area contributed by atoms with E-state index >= 15 is 0 Å². The fraction of sp³-hybridized carbons (Fsp3) is 0.611. The van der Waals surface area contributed by atoms with Crippen LogP contribution in [0.15, 0.2) is 18.2 Å². The molecule has 0 spiro atoms. The van der Waals surface area contributed by atoms with Gasteiger partial charge in [0.2, 0.25) is 5.91 Å². The van der Waals surface area contributed by atoms with Crippen LogP contribution in [-0.2, 0) is 11.2 Å². The number of halogens is 2. The summed E-state index contributed by atoms with van der Waals surface area (Å²) < 4.78 is 13.7. The third kappa shape index (κ3) is 5.78. The quantitative estimate of drug-likeness (QED) is 0.766. The van der Waals surface area contributed by atoms with E-state index in [4.69, 9.17) is 11.6 Å². The highest BCUT2D eigenvalue weighted by molar-refractivity contribution is 6.30. The highest BCUT2D eigenvalue weighted by atomic mass is 35.5. The Balaban J connectivity index is 1.68. The molecule has 0 bridgehead atoms. The van der Waals surface area contributed by atoms with Crippen molar-refractivity contribution in [2.24, 2.45) is 0 Å². The van der Waals surface area contributed by atoms with Gasteiger partial charge in [-0.1, -0.05) is 31.0 Å². The van der Waals surface area contributed by atoms with Crippen LogP contribution in [0.5, 0.6) is 0 Å². The summed E-state index contributed by atoms with van der Waals surface area (Å²) in [5, 5.41) is 3.23. The van der Waals surface area contributed by atoms with E-state index in [0.717, 1.165) is 13.0 Å². The van der Waals surface area contributed by atoms with Crippen LogP contribution in [0.4, 0.5) is 4.39 Å². The number of rotatable bonds is 7. The van der Waals surface area contributed by atoms with Crippen molar-refractivity contribution in [2.75, 3.05) is 19.6 Å². The van der Waals surface area contributed by atoms with Crippen LogP contribution >= 0.6 is 11.6 Å². The highest BCUT2D eigenvalue weighted by Gasteiger charge is 2.19. The summed E-state index contributed by atoms with van der Waals surface area (Å²) in [6.07, 6.45) is 6.09. The summed E-state index contributed by atoms with van der Waals surface area (Å²) in [7, 11) is 0. The van der Waals surface area contributed by atoms with E-state index in [1.807, 2.05) is 0 Å². The van der Waals surface area contributed by atoms with Crippen molar-refractivity contribution < 1.29 is 9.18 Å². The molecule has 1 aromatic rings. The first-order chi connectivity index (χ1) is 11.1. The third-order valence-corrected chi connectivity index (χ3v) is 4.77. The largest absolute Gasteiger partial charge is 0.356 e. The van der Waals surface area contributed by atoms with Crippen LogP contribution in [0, 0.1) is 5.82 Å². The smallest absolute Gasteiger partial charge is 0.224 e. The lowest BCUT2D eigenvalue weighted by atomic mass is 10.00. The Labute approximate surface area is 143 Å². The van der Waals surface area contributed by atoms with Crippen LogP contribution in [-0.4, -0.2) is 36.5 Å².